The monoisotopic (exact) mass is 521 g/mol. The summed E-state index contributed by atoms with van der Waals surface area (Å²) in [6.45, 7) is 5.36. The predicted octanol–water partition coefficient (Wildman–Crippen LogP) is 2.39. The second kappa shape index (κ2) is 11.5. The van der Waals surface area contributed by atoms with Gasteiger partial charge in [0.1, 0.15) is 5.82 Å². The highest BCUT2D eigenvalue weighted by atomic mass is 19.1. The fourth-order valence-electron chi connectivity index (χ4n) is 4.80. The van der Waals surface area contributed by atoms with E-state index in [0.29, 0.717) is 42.7 Å². The Hall–Kier alpha value is -4.21. The van der Waals surface area contributed by atoms with E-state index in [1.165, 1.54) is 29.0 Å². The van der Waals surface area contributed by atoms with Crippen molar-refractivity contribution >= 4 is 17.5 Å². The number of carbonyl (C=O) groups is 2. The molecule has 0 spiro atoms. The maximum atomic E-state index is 14.8. The largest absolute Gasteiger partial charge is 0.365 e. The molecule has 9 nitrogen and oxygen atoms in total. The standard InChI is InChI=1S/C28H32FN5O4/c1-4-19-16-33(28(38)31-26(19)36)15-18-6-11-24(29)23(14-18)27(37)32-12-13-34(21(5-2)17-32)22-9-7-20(8-10-22)25(35)30-3/h6-11,14,16,21H,4-5,12-13,15,17H2,1-3H3,(H,30,35)(H,31,36,38)/t21-/m1/s1. The van der Waals surface area contributed by atoms with Crippen LogP contribution in [0.3, 0.4) is 0 Å². The van der Waals surface area contributed by atoms with Crippen LogP contribution in [0.4, 0.5) is 10.1 Å². The normalized spacial score (nSPS) is 15.4. The van der Waals surface area contributed by atoms with Crippen LogP contribution in [-0.4, -0.2) is 59.0 Å². The average molecular weight is 522 g/mol. The molecule has 1 aliphatic rings. The number of aromatic nitrogens is 2. The van der Waals surface area contributed by atoms with Crippen molar-refractivity contribution in [2.45, 2.75) is 39.3 Å². The van der Waals surface area contributed by atoms with Crippen molar-refractivity contribution in [1.29, 1.82) is 0 Å². The van der Waals surface area contributed by atoms with Gasteiger partial charge in [0.25, 0.3) is 17.4 Å². The highest BCUT2D eigenvalue weighted by molar-refractivity contribution is 5.95. The maximum Gasteiger partial charge on any atom is 0.328 e. The van der Waals surface area contributed by atoms with E-state index in [1.807, 2.05) is 26.0 Å². The van der Waals surface area contributed by atoms with Crippen molar-refractivity contribution in [2.75, 3.05) is 31.6 Å². The maximum absolute atomic E-state index is 14.8. The fourth-order valence-corrected chi connectivity index (χ4v) is 4.80. The summed E-state index contributed by atoms with van der Waals surface area (Å²) < 4.78 is 16.2. The summed E-state index contributed by atoms with van der Waals surface area (Å²) in [7, 11) is 1.59. The van der Waals surface area contributed by atoms with Gasteiger partial charge in [-0.3, -0.25) is 23.9 Å². The lowest BCUT2D eigenvalue weighted by Crippen LogP contribution is -2.54. The number of rotatable bonds is 7. The van der Waals surface area contributed by atoms with Gasteiger partial charge in [-0.05, 0) is 54.8 Å². The smallest absolute Gasteiger partial charge is 0.328 e. The van der Waals surface area contributed by atoms with E-state index in [4.69, 9.17) is 0 Å². The van der Waals surface area contributed by atoms with Crippen LogP contribution in [0, 0.1) is 5.82 Å². The summed E-state index contributed by atoms with van der Waals surface area (Å²) in [5, 5.41) is 2.61. The third-order valence-corrected chi connectivity index (χ3v) is 7.01. The molecule has 0 bridgehead atoms. The van der Waals surface area contributed by atoms with Gasteiger partial charge in [-0.2, -0.15) is 0 Å². The Morgan fingerprint density at radius 2 is 1.82 bits per heavy atom. The van der Waals surface area contributed by atoms with Gasteiger partial charge in [0, 0.05) is 55.7 Å². The van der Waals surface area contributed by atoms with Gasteiger partial charge >= 0.3 is 5.69 Å². The number of aromatic amines is 1. The summed E-state index contributed by atoms with van der Waals surface area (Å²) >= 11 is 0. The lowest BCUT2D eigenvalue weighted by molar-refractivity contribution is 0.0715. The molecule has 0 unspecified atom stereocenters. The first-order chi connectivity index (χ1) is 18.2. The fraction of sp³-hybridized carbons (Fsp3) is 0.357. The Morgan fingerprint density at radius 1 is 1.08 bits per heavy atom. The third kappa shape index (κ3) is 5.53. The molecule has 1 fully saturated rings. The van der Waals surface area contributed by atoms with Crippen LogP contribution in [0.5, 0.6) is 0 Å². The summed E-state index contributed by atoms with van der Waals surface area (Å²) in [5.74, 6) is -1.18. The third-order valence-electron chi connectivity index (χ3n) is 7.01. The first-order valence-corrected chi connectivity index (χ1v) is 12.7. The molecule has 10 heteroatoms. The number of halogens is 1. The van der Waals surface area contributed by atoms with Crippen LogP contribution in [-0.2, 0) is 13.0 Å². The van der Waals surface area contributed by atoms with Gasteiger partial charge in [-0.15, -0.1) is 0 Å². The molecule has 0 aliphatic carbocycles. The number of anilines is 1. The first kappa shape index (κ1) is 26.8. The van der Waals surface area contributed by atoms with Crippen molar-refractivity contribution in [3.8, 4) is 0 Å². The number of carbonyl (C=O) groups excluding carboxylic acids is 2. The Bertz CT molecular complexity index is 1450. The van der Waals surface area contributed by atoms with E-state index in [0.717, 1.165) is 12.1 Å². The summed E-state index contributed by atoms with van der Waals surface area (Å²) in [6, 6.07) is 11.6. The number of aryl methyl sites for hydroxylation is 1. The molecular formula is C28H32FN5O4. The molecule has 2 N–H and O–H groups in total. The average Bonchev–Trinajstić information content (AvgIpc) is 2.94. The van der Waals surface area contributed by atoms with Crippen molar-refractivity contribution < 1.29 is 14.0 Å². The molecule has 0 radical (unpaired) electrons. The van der Waals surface area contributed by atoms with Crippen LogP contribution < -0.4 is 21.5 Å². The number of H-pyrrole nitrogens is 1. The van der Waals surface area contributed by atoms with E-state index in [9.17, 15) is 23.6 Å². The molecule has 4 rings (SSSR count). The molecule has 2 heterocycles. The van der Waals surface area contributed by atoms with Crippen molar-refractivity contribution in [1.82, 2.24) is 19.8 Å². The number of piperazine rings is 1. The Morgan fingerprint density at radius 3 is 2.47 bits per heavy atom. The quantitative estimate of drug-likeness (QED) is 0.497. The molecule has 1 saturated heterocycles. The second-order valence-electron chi connectivity index (χ2n) is 9.34. The highest BCUT2D eigenvalue weighted by Gasteiger charge is 2.30. The van der Waals surface area contributed by atoms with Gasteiger partial charge in [0.05, 0.1) is 12.1 Å². The van der Waals surface area contributed by atoms with E-state index < -0.39 is 23.0 Å². The van der Waals surface area contributed by atoms with Crippen molar-refractivity contribution in [3.63, 3.8) is 0 Å². The summed E-state index contributed by atoms with van der Waals surface area (Å²) in [6.07, 6.45) is 2.74. The predicted molar refractivity (Wildman–Crippen MR) is 143 cm³/mol. The minimum absolute atomic E-state index is 0.0250. The molecule has 38 heavy (non-hydrogen) atoms. The molecule has 1 aromatic heterocycles. The first-order valence-electron chi connectivity index (χ1n) is 12.7. The Kier molecular flexibility index (Phi) is 8.09. The summed E-state index contributed by atoms with van der Waals surface area (Å²) in [4.78, 5) is 55.6. The topological polar surface area (TPSA) is 108 Å². The molecular weight excluding hydrogens is 489 g/mol. The van der Waals surface area contributed by atoms with Gasteiger partial charge < -0.3 is 15.1 Å². The van der Waals surface area contributed by atoms with E-state index in [1.54, 1.807) is 24.1 Å². The highest BCUT2D eigenvalue weighted by Crippen LogP contribution is 2.24. The van der Waals surface area contributed by atoms with Gasteiger partial charge in [-0.1, -0.05) is 19.9 Å². The molecule has 2 aromatic carbocycles. The van der Waals surface area contributed by atoms with Gasteiger partial charge in [0.15, 0.2) is 0 Å². The van der Waals surface area contributed by atoms with Crippen molar-refractivity contribution in [3.05, 3.63) is 97.6 Å². The zero-order valence-corrected chi connectivity index (χ0v) is 21.8. The van der Waals surface area contributed by atoms with Crippen LogP contribution in [0.2, 0.25) is 0 Å². The molecule has 0 saturated carbocycles. The number of hydrogen-bond donors (Lipinski definition) is 2. The van der Waals surface area contributed by atoms with Crippen LogP contribution >= 0.6 is 0 Å². The van der Waals surface area contributed by atoms with Crippen LogP contribution in [0.1, 0.15) is 52.1 Å². The summed E-state index contributed by atoms with van der Waals surface area (Å²) in [5.41, 5.74) is 1.55. The Labute approximate surface area is 219 Å². The van der Waals surface area contributed by atoms with Gasteiger partial charge in [-0.25, -0.2) is 9.18 Å². The SMILES string of the molecule is CCc1cn(Cc2ccc(F)c(C(=O)N3CCN(c4ccc(C(=O)NC)cc4)[C@H](CC)C3)c2)c(=O)[nH]c1=O. The number of nitrogens with one attached hydrogen (secondary N) is 2. The Balaban J connectivity index is 1.51. The minimum Gasteiger partial charge on any atom is -0.365 e. The lowest BCUT2D eigenvalue weighted by Gasteiger charge is -2.42. The molecule has 1 aliphatic heterocycles. The molecule has 3 aromatic rings. The zero-order chi connectivity index (χ0) is 27.4. The molecule has 1 atom stereocenters. The van der Waals surface area contributed by atoms with Crippen LogP contribution in [0.25, 0.3) is 0 Å². The van der Waals surface area contributed by atoms with E-state index in [2.05, 4.69) is 15.2 Å². The number of benzene rings is 2. The van der Waals surface area contributed by atoms with E-state index in [-0.39, 0.29) is 24.1 Å². The lowest BCUT2D eigenvalue weighted by atomic mass is 10.0. The number of nitrogens with zero attached hydrogens (tertiary/aromatic N) is 3. The molecule has 2 amide bonds. The zero-order valence-electron chi connectivity index (χ0n) is 21.8. The van der Waals surface area contributed by atoms with Gasteiger partial charge in [0.2, 0.25) is 0 Å². The van der Waals surface area contributed by atoms with Crippen LogP contribution in [0.15, 0.2) is 58.3 Å². The number of hydrogen-bond acceptors (Lipinski definition) is 5. The van der Waals surface area contributed by atoms with E-state index >= 15 is 0 Å². The number of amides is 2. The molecule has 200 valence electrons. The van der Waals surface area contributed by atoms with Crippen molar-refractivity contribution in [2.24, 2.45) is 0 Å². The second-order valence-corrected chi connectivity index (χ2v) is 9.34. The minimum atomic E-state index is -0.623.